The number of fused-ring (bicyclic) bond motifs is 1. The number of likely N-dealkylation sites (tertiary alicyclic amines) is 2. The van der Waals surface area contributed by atoms with Gasteiger partial charge in [0.05, 0.1) is 12.1 Å². The number of urea groups is 1. The number of halogens is 3. The van der Waals surface area contributed by atoms with Gasteiger partial charge in [-0.3, -0.25) is 4.79 Å². The first kappa shape index (κ1) is 21.7. The average molecular weight is 441 g/mol. The number of piperidine rings is 2. The normalized spacial score (nSPS) is 25.1. The minimum absolute atomic E-state index is 0.00891. The van der Waals surface area contributed by atoms with Crippen molar-refractivity contribution in [3.05, 3.63) is 29.8 Å². The molecule has 3 aliphatic rings. The molecule has 4 rings (SSSR count). The summed E-state index contributed by atoms with van der Waals surface area (Å²) in [4.78, 5) is 28.1. The zero-order chi connectivity index (χ0) is 22.0. The molecule has 0 aliphatic carbocycles. The highest BCUT2D eigenvalue weighted by Crippen LogP contribution is 2.27. The molecule has 31 heavy (non-hydrogen) atoms. The predicted molar refractivity (Wildman–Crippen MR) is 104 cm³/mol. The van der Waals surface area contributed by atoms with Crippen LogP contribution in [0.4, 0.5) is 18.0 Å². The maximum Gasteiger partial charge on any atom is 0.573 e. The smallest absolute Gasteiger partial charge is 0.406 e. The standard InChI is InChI=1S/C21H26F3N3O4/c22-21(23,24)31-16-3-1-14(2-4-16)11-15-5-8-26(9-6-15)20(29)27-10-7-18-17(12-27)25-19(28)13-30-18/h1-4,15,17-18H,5-13H2,(H,25,28)/t17-,18+/m1/s1. The van der Waals surface area contributed by atoms with Gasteiger partial charge in [0, 0.05) is 26.2 Å². The quantitative estimate of drug-likeness (QED) is 0.783. The number of amides is 3. The third kappa shape index (κ3) is 5.61. The van der Waals surface area contributed by atoms with Crippen LogP contribution in [0.3, 0.4) is 0 Å². The van der Waals surface area contributed by atoms with Crippen molar-refractivity contribution in [2.24, 2.45) is 5.92 Å². The number of carbonyl (C=O) groups is 2. The fraction of sp³-hybridized carbons (Fsp3) is 0.619. The molecule has 7 nitrogen and oxygen atoms in total. The Kier molecular flexibility index (Phi) is 6.27. The monoisotopic (exact) mass is 441 g/mol. The molecule has 1 aromatic carbocycles. The molecule has 3 amide bonds. The number of hydrogen-bond donors (Lipinski definition) is 1. The van der Waals surface area contributed by atoms with Crippen LogP contribution in [0.2, 0.25) is 0 Å². The lowest BCUT2D eigenvalue weighted by Gasteiger charge is -2.43. The van der Waals surface area contributed by atoms with E-state index in [9.17, 15) is 22.8 Å². The first-order valence-electron chi connectivity index (χ1n) is 10.6. The maximum absolute atomic E-state index is 12.9. The zero-order valence-corrected chi connectivity index (χ0v) is 17.1. The van der Waals surface area contributed by atoms with Gasteiger partial charge in [-0.1, -0.05) is 12.1 Å². The van der Waals surface area contributed by atoms with Gasteiger partial charge in [-0.05, 0) is 49.3 Å². The van der Waals surface area contributed by atoms with E-state index in [0.717, 1.165) is 24.8 Å². The minimum atomic E-state index is -4.69. The molecule has 3 heterocycles. The Bertz CT molecular complexity index is 794. The van der Waals surface area contributed by atoms with Gasteiger partial charge in [0.15, 0.2) is 0 Å². The van der Waals surface area contributed by atoms with Crippen LogP contribution in [0.1, 0.15) is 24.8 Å². The molecule has 3 fully saturated rings. The first-order valence-corrected chi connectivity index (χ1v) is 10.6. The highest BCUT2D eigenvalue weighted by Gasteiger charge is 2.38. The van der Waals surface area contributed by atoms with Gasteiger partial charge >= 0.3 is 12.4 Å². The number of ether oxygens (including phenoxy) is 2. The number of hydrogen-bond acceptors (Lipinski definition) is 4. The molecule has 0 saturated carbocycles. The summed E-state index contributed by atoms with van der Waals surface area (Å²) in [7, 11) is 0. The SMILES string of the molecule is O=C1CO[C@H]2CCN(C(=O)N3CCC(Cc4ccc(OC(F)(F)F)cc4)CC3)C[C@H]2N1. The molecule has 0 aromatic heterocycles. The first-order chi connectivity index (χ1) is 14.8. The van der Waals surface area contributed by atoms with Gasteiger partial charge in [-0.2, -0.15) is 0 Å². The largest absolute Gasteiger partial charge is 0.573 e. The average Bonchev–Trinajstić information content (AvgIpc) is 2.73. The molecule has 1 aromatic rings. The molecule has 0 radical (unpaired) electrons. The maximum atomic E-state index is 12.9. The molecule has 3 aliphatic heterocycles. The molecule has 10 heteroatoms. The summed E-state index contributed by atoms with van der Waals surface area (Å²) in [6, 6.07) is 5.82. The highest BCUT2D eigenvalue weighted by atomic mass is 19.4. The minimum Gasteiger partial charge on any atom is -0.406 e. The Morgan fingerprint density at radius 1 is 1.10 bits per heavy atom. The summed E-state index contributed by atoms with van der Waals surface area (Å²) in [6.45, 7) is 2.45. The van der Waals surface area contributed by atoms with Crippen molar-refractivity contribution < 1.29 is 32.2 Å². The van der Waals surface area contributed by atoms with E-state index in [1.54, 1.807) is 17.0 Å². The molecule has 1 N–H and O–H groups in total. The molecular weight excluding hydrogens is 415 g/mol. The lowest BCUT2D eigenvalue weighted by molar-refractivity contribution is -0.274. The van der Waals surface area contributed by atoms with Crippen LogP contribution in [0.5, 0.6) is 5.75 Å². The molecule has 3 saturated heterocycles. The number of nitrogens with zero attached hydrogens (tertiary/aromatic N) is 2. The Balaban J connectivity index is 1.24. The second-order valence-electron chi connectivity index (χ2n) is 8.37. The third-order valence-electron chi connectivity index (χ3n) is 6.16. The number of morpholine rings is 1. The van der Waals surface area contributed by atoms with Crippen molar-refractivity contribution in [1.29, 1.82) is 0 Å². The van der Waals surface area contributed by atoms with Gasteiger partial charge in [-0.15, -0.1) is 13.2 Å². The lowest BCUT2D eigenvalue weighted by atomic mass is 9.90. The number of alkyl halides is 3. The zero-order valence-electron chi connectivity index (χ0n) is 17.1. The molecule has 170 valence electrons. The van der Waals surface area contributed by atoms with E-state index in [1.165, 1.54) is 12.1 Å². The number of rotatable bonds is 3. The Morgan fingerprint density at radius 3 is 2.45 bits per heavy atom. The van der Waals surface area contributed by atoms with Crippen LogP contribution in [0, 0.1) is 5.92 Å². The second-order valence-corrected chi connectivity index (χ2v) is 8.37. The van der Waals surface area contributed by atoms with Crippen LogP contribution in [-0.4, -0.2) is 73.0 Å². The highest BCUT2D eigenvalue weighted by molar-refractivity contribution is 5.79. The number of carbonyl (C=O) groups excluding carboxylic acids is 2. The van der Waals surface area contributed by atoms with Gasteiger partial charge in [0.1, 0.15) is 12.4 Å². The van der Waals surface area contributed by atoms with E-state index in [1.807, 2.05) is 4.90 Å². The molecule has 0 bridgehead atoms. The van der Waals surface area contributed by atoms with Crippen LogP contribution >= 0.6 is 0 Å². The molecule has 2 atom stereocenters. The number of benzene rings is 1. The van der Waals surface area contributed by atoms with Gasteiger partial charge in [0.2, 0.25) is 5.91 Å². The second kappa shape index (κ2) is 8.94. The Hall–Kier alpha value is -2.49. The van der Waals surface area contributed by atoms with E-state index in [2.05, 4.69) is 10.1 Å². The van der Waals surface area contributed by atoms with Crippen LogP contribution in [0.15, 0.2) is 24.3 Å². The van der Waals surface area contributed by atoms with Crippen molar-refractivity contribution in [1.82, 2.24) is 15.1 Å². The molecule has 0 unspecified atom stereocenters. The molecular formula is C21H26F3N3O4. The van der Waals surface area contributed by atoms with Crippen molar-refractivity contribution >= 4 is 11.9 Å². The lowest BCUT2D eigenvalue weighted by Crippen LogP contribution is -2.62. The van der Waals surface area contributed by atoms with E-state index < -0.39 is 6.36 Å². The Labute approximate surface area is 178 Å². The van der Waals surface area contributed by atoms with Gasteiger partial charge in [0.25, 0.3) is 0 Å². The fourth-order valence-corrected chi connectivity index (χ4v) is 4.56. The summed E-state index contributed by atoms with van der Waals surface area (Å²) >= 11 is 0. The van der Waals surface area contributed by atoms with Crippen LogP contribution in [0.25, 0.3) is 0 Å². The Morgan fingerprint density at radius 2 is 1.77 bits per heavy atom. The summed E-state index contributed by atoms with van der Waals surface area (Å²) in [5.41, 5.74) is 0.953. The summed E-state index contributed by atoms with van der Waals surface area (Å²) in [5, 5.41) is 2.91. The predicted octanol–water partition coefficient (Wildman–Crippen LogP) is 2.55. The van der Waals surface area contributed by atoms with Crippen LogP contribution in [-0.2, 0) is 16.0 Å². The van der Waals surface area contributed by atoms with E-state index >= 15 is 0 Å². The van der Waals surface area contributed by atoms with E-state index in [0.29, 0.717) is 38.5 Å². The molecule has 0 spiro atoms. The van der Waals surface area contributed by atoms with Crippen molar-refractivity contribution in [3.63, 3.8) is 0 Å². The fourth-order valence-electron chi connectivity index (χ4n) is 4.56. The number of nitrogens with one attached hydrogen (secondary N) is 1. The van der Waals surface area contributed by atoms with Crippen molar-refractivity contribution in [2.75, 3.05) is 32.8 Å². The van der Waals surface area contributed by atoms with Crippen molar-refractivity contribution in [2.45, 2.75) is 44.2 Å². The van der Waals surface area contributed by atoms with E-state index in [4.69, 9.17) is 4.74 Å². The summed E-state index contributed by atoms with van der Waals surface area (Å²) in [5.74, 6) is 0.00422. The van der Waals surface area contributed by atoms with E-state index in [-0.39, 0.29) is 36.4 Å². The summed E-state index contributed by atoms with van der Waals surface area (Å²) < 4.78 is 46.2. The van der Waals surface area contributed by atoms with Gasteiger partial charge in [-0.25, -0.2) is 4.79 Å². The van der Waals surface area contributed by atoms with Gasteiger partial charge < -0.3 is 24.6 Å². The van der Waals surface area contributed by atoms with Crippen LogP contribution < -0.4 is 10.1 Å². The summed E-state index contributed by atoms with van der Waals surface area (Å²) in [6.07, 6.45) is -1.57. The topological polar surface area (TPSA) is 71.1 Å². The van der Waals surface area contributed by atoms with Crippen molar-refractivity contribution in [3.8, 4) is 5.75 Å². The third-order valence-corrected chi connectivity index (χ3v) is 6.16.